The molecular formula is C21H24N2O4S. The molecule has 2 N–H and O–H groups in total. The molecular weight excluding hydrogens is 376 g/mol. The molecule has 2 amide bonds. The first kappa shape index (κ1) is 20.1. The summed E-state index contributed by atoms with van der Waals surface area (Å²) in [5, 5.41) is 0. The zero-order valence-corrected chi connectivity index (χ0v) is 16.6. The molecule has 1 aliphatic rings. The SMILES string of the molecule is C[C@@H]1CC[C@@H](C(N)=O)CN1C(=O)c1ccc(CS(=O)(=O)c2ccccc2)cc1. The van der Waals surface area contributed by atoms with Crippen molar-refractivity contribution < 1.29 is 18.0 Å². The minimum absolute atomic E-state index is 0.0289. The smallest absolute Gasteiger partial charge is 0.254 e. The molecule has 2 atom stereocenters. The van der Waals surface area contributed by atoms with Gasteiger partial charge in [0.25, 0.3) is 5.91 Å². The highest BCUT2D eigenvalue weighted by Gasteiger charge is 2.32. The third-order valence-electron chi connectivity index (χ3n) is 5.21. The fourth-order valence-electron chi connectivity index (χ4n) is 3.46. The highest BCUT2D eigenvalue weighted by atomic mass is 32.2. The van der Waals surface area contributed by atoms with E-state index in [1.54, 1.807) is 59.5 Å². The monoisotopic (exact) mass is 400 g/mol. The van der Waals surface area contributed by atoms with Crippen molar-refractivity contribution in [2.45, 2.75) is 36.5 Å². The molecule has 6 nitrogen and oxygen atoms in total. The fraction of sp³-hybridized carbons (Fsp3) is 0.333. The summed E-state index contributed by atoms with van der Waals surface area (Å²) in [5.74, 6) is -1.01. The number of benzene rings is 2. The minimum atomic E-state index is -3.44. The third-order valence-corrected chi connectivity index (χ3v) is 6.91. The fourth-order valence-corrected chi connectivity index (χ4v) is 4.83. The van der Waals surface area contributed by atoms with E-state index in [4.69, 9.17) is 5.73 Å². The predicted molar refractivity (Wildman–Crippen MR) is 106 cm³/mol. The second kappa shape index (κ2) is 8.14. The number of primary amides is 1. The van der Waals surface area contributed by atoms with E-state index in [2.05, 4.69) is 0 Å². The zero-order chi connectivity index (χ0) is 20.3. The average molecular weight is 401 g/mol. The summed E-state index contributed by atoms with van der Waals surface area (Å²) in [6, 6.07) is 14.9. The summed E-state index contributed by atoms with van der Waals surface area (Å²) in [5.41, 5.74) is 6.49. The van der Waals surface area contributed by atoms with Crippen LogP contribution in [0.4, 0.5) is 0 Å². The van der Waals surface area contributed by atoms with Crippen LogP contribution < -0.4 is 5.73 Å². The number of hydrogen-bond acceptors (Lipinski definition) is 4. The van der Waals surface area contributed by atoms with Crippen LogP contribution in [0.3, 0.4) is 0 Å². The van der Waals surface area contributed by atoms with Crippen LogP contribution in [0.5, 0.6) is 0 Å². The lowest BCUT2D eigenvalue weighted by atomic mass is 9.92. The zero-order valence-electron chi connectivity index (χ0n) is 15.7. The number of carbonyl (C=O) groups is 2. The Balaban J connectivity index is 1.73. The number of sulfone groups is 1. The van der Waals surface area contributed by atoms with E-state index in [-0.39, 0.29) is 34.4 Å². The first-order valence-corrected chi connectivity index (χ1v) is 10.9. The van der Waals surface area contributed by atoms with E-state index in [0.29, 0.717) is 24.1 Å². The lowest BCUT2D eigenvalue weighted by molar-refractivity contribution is -0.123. The average Bonchev–Trinajstić information content (AvgIpc) is 2.68. The Morgan fingerprint density at radius 1 is 1.04 bits per heavy atom. The number of amides is 2. The Morgan fingerprint density at radius 3 is 2.29 bits per heavy atom. The Bertz CT molecular complexity index is 956. The van der Waals surface area contributed by atoms with Gasteiger partial charge in [0.2, 0.25) is 5.91 Å². The van der Waals surface area contributed by atoms with Crippen LogP contribution in [0.15, 0.2) is 59.5 Å². The lowest BCUT2D eigenvalue weighted by Crippen LogP contribution is -2.48. The van der Waals surface area contributed by atoms with E-state index in [9.17, 15) is 18.0 Å². The van der Waals surface area contributed by atoms with E-state index >= 15 is 0 Å². The molecule has 148 valence electrons. The molecule has 7 heteroatoms. The Morgan fingerprint density at radius 2 is 1.68 bits per heavy atom. The summed E-state index contributed by atoms with van der Waals surface area (Å²) < 4.78 is 25.0. The van der Waals surface area contributed by atoms with E-state index in [1.165, 1.54) is 0 Å². The van der Waals surface area contributed by atoms with Gasteiger partial charge in [0.15, 0.2) is 9.84 Å². The number of piperidine rings is 1. The van der Waals surface area contributed by atoms with Gasteiger partial charge in [-0.1, -0.05) is 30.3 Å². The Hall–Kier alpha value is -2.67. The van der Waals surface area contributed by atoms with Crippen molar-refractivity contribution in [2.75, 3.05) is 6.54 Å². The number of rotatable bonds is 5. The molecule has 0 aromatic heterocycles. The normalized spacial score (nSPS) is 20.0. The Kier molecular flexibility index (Phi) is 5.84. The summed E-state index contributed by atoms with van der Waals surface area (Å²) >= 11 is 0. The maximum atomic E-state index is 12.9. The van der Waals surface area contributed by atoms with E-state index in [0.717, 1.165) is 6.42 Å². The second-order valence-electron chi connectivity index (χ2n) is 7.25. The third kappa shape index (κ3) is 4.42. The molecule has 2 aromatic carbocycles. The first-order chi connectivity index (χ1) is 13.3. The van der Waals surface area contributed by atoms with Crippen LogP contribution in [0.2, 0.25) is 0 Å². The van der Waals surface area contributed by atoms with Gasteiger partial charge in [-0.25, -0.2) is 8.42 Å². The number of hydrogen-bond donors (Lipinski definition) is 1. The van der Waals surface area contributed by atoms with Crippen molar-refractivity contribution in [3.8, 4) is 0 Å². The molecule has 0 aliphatic carbocycles. The first-order valence-electron chi connectivity index (χ1n) is 9.25. The predicted octanol–water partition coefficient (Wildman–Crippen LogP) is 2.39. The summed E-state index contributed by atoms with van der Waals surface area (Å²) in [4.78, 5) is 26.3. The summed E-state index contributed by atoms with van der Waals surface area (Å²) in [6.07, 6.45) is 1.42. The van der Waals surface area contributed by atoms with Crippen LogP contribution in [0.25, 0.3) is 0 Å². The quantitative estimate of drug-likeness (QED) is 0.833. The molecule has 0 bridgehead atoms. The molecule has 0 spiro atoms. The van der Waals surface area contributed by atoms with Crippen LogP contribution >= 0.6 is 0 Å². The largest absolute Gasteiger partial charge is 0.369 e. The highest BCUT2D eigenvalue weighted by molar-refractivity contribution is 7.90. The molecule has 28 heavy (non-hydrogen) atoms. The summed E-state index contributed by atoms with van der Waals surface area (Å²) in [7, 11) is -3.44. The van der Waals surface area contributed by atoms with Gasteiger partial charge in [-0.15, -0.1) is 0 Å². The van der Waals surface area contributed by atoms with Crippen molar-refractivity contribution in [3.05, 3.63) is 65.7 Å². The van der Waals surface area contributed by atoms with Crippen molar-refractivity contribution in [1.82, 2.24) is 4.90 Å². The standard InChI is InChI=1S/C21H24N2O4S/c1-15-7-10-18(20(22)24)13-23(15)21(25)17-11-8-16(9-12-17)14-28(26,27)19-5-3-2-4-6-19/h2-6,8-9,11-12,15,18H,7,10,13-14H2,1H3,(H2,22,24)/t15-,18-/m1/s1. The molecule has 0 saturated carbocycles. The van der Waals surface area contributed by atoms with Gasteiger partial charge in [-0.05, 0) is 49.6 Å². The molecule has 0 unspecified atom stereocenters. The van der Waals surface area contributed by atoms with E-state index < -0.39 is 9.84 Å². The molecule has 2 aromatic rings. The molecule has 1 fully saturated rings. The maximum Gasteiger partial charge on any atom is 0.254 e. The summed E-state index contributed by atoms with van der Waals surface area (Å²) in [6.45, 7) is 2.27. The van der Waals surface area contributed by atoms with Gasteiger partial charge >= 0.3 is 0 Å². The molecule has 1 heterocycles. The number of nitrogens with zero attached hydrogens (tertiary/aromatic N) is 1. The van der Waals surface area contributed by atoms with Crippen LogP contribution in [0, 0.1) is 5.92 Å². The Labute approximate surface area is 165 Å². The van der Waals surface area contributed by atoms with Crippen molar-refractivity contribution in [1.29, 1.82) is 0 Å². The topological polar surface area (TPSA) is 97.5 Å². The van der Waals surface area contributed by atoms with E-state index in [1.807, 2.05) is 6.92 Å². The van der Waals surface area contributed by atoms with Gasteiger partial charge in [-0.3, -0.25) is 9.59 Å². The second-order valence-corrected chi connectivity index (χ2v) is 9.24. The van der Waals surface area contributed by atoms with Gasteiger partial charge in [0, 0.05) is 18.2 Å². The number of carbonyl (C=O) groups excluding carboxylic acids is 2. The van der Waals surface area contributed by atoms with Crippen LogP contribution in [-0.2, 0) is 20.4 Å². The number of nitrogens with two attached hydrogens (primary N) is 1. The molecule has 0 radical (unpaired) electrons. The molecule has 1 saturated heterocycles. The van der Waals surface area contributed by atoms with Gasteiger partial charge in [-0.2, -0.15) is 0 Å². The van der Waals surface area contributed by atoms with Gasteiger partial charge in [0.1, 0.15) is 0 Å². The van der Waals surface area contributed by atoms with Gasteiger partial charge in [0.05, 0.1) is 16.6 Å². The van der Waals surface area contributed by atoms with Crippen molar-refractivity contribution in [2.24, 2.45) is 11.7 Å². The molecule has 1 aliphatic heterocycles. The lowest BCUT2D eigenvalue weighted by Gasteiger charge is -2.37. The van der Waals surface area contributed by atoms with Crippen molar-refractivity contribution in [3.63, 3.8) is 0 Å². The van der Waals surface area contributed by atoms with Crippen LogP contribution in [-0.4, -0.2) is 37.7 Å². The number of likely N-dealkylation sites (tertiary alicyclic amines) is 1. The van der Waals surface area contributed by atoms with Crippen molar-refractivity contribution >= 4 is 21.7 Å². The maximum absolute atomic E-state index is 12.9. The highest BCUT2D eigenvalue weighted by Crippen LogP contribution is 2.24. The van der Waals surface area contributed by atoms with Crippen LogP contribution in [0.1, 0.15) is 35.7 Å². The van der Waals surface area contributed by atoms with Gasteiger partial charge < -0.3 is 10.6 Å². The minimum Gasteiger partial charge on any atom is -0.369 e. The molecule has 3 rings (SSSR count).